The van der Waals surface area contributed by atoms with Crippen LogP contribution in [0.3, 0.4) is 0 Å². The summed E-state index contributed by atoms with van der Waals surface area (Å²) in [6.45, 7) is 5.29. The van der Waals surface area contributed by atoms with Crippen molar-refractivity contribution in [3.63, 3.8) is 0 Å². The lowest BCUT2D eigenvalue weighted by atomic mass is 9.73. The number of pyridine rings is 1. The molecule has 7 nitrogen and oxygen atoms in total. The number of carboxylic acids is 1. The van der Waals surface area contributed by atoms with E-state index in [0.29, 0.717) is 23.6 Å². The Kier molecular flexibility index (Phi) is 6.89. The van der Waals surface area contributed by atoms with E-state index in [-0.39, 0.29) is 23.8 Å². The molecule has 1 aliphatic carbocycles. The molecule has 1 fully saturated rings. The number of carbonyl (C=O) groups is 2. The van der Waals surface area contributed by atoms with Crippen LogP contribution >= 0.6 is 0 Å². The highest BCUT2D eigenvalue weighted by atomic mass is 16.5. The van der Waals surface area contributed by atoms with E-state index < -0.39 is 5.97 Å². The second-order valence-electron chi connectivity index (χ2n) is 11.4. The Bertz CT molecular complexity index is 1660. The van der Waals surface area contributed by atoms with Crippen molar-refractivity contribution in [1.82, 2.24) is 9.88 Å². The maximum absolute atomic E-state index is 12.4. The van der Waals surface area contributed by atoms with Gasteiger partial charge in [0, 0.05) is 42.1 Å². The Morgan fingerprint density at radius 1 is 1.07 bits per heavy atom. The first-order chi connectivity index (χ1) is 19.8. The molecule has 6 rings (SSSR count). The fraction of sp³-hybridized carbons (Fsp3) is 0.324. The average Bonchev–Trinajstić information content (AvgIpc) is 3.26. The van der Waals surface area contributed by atoms with E-state index in [4.69, 9.17) is 10.5 Å². The molecule has 3 N–H and O–H groups in total. The van der Waals surface area contributed by atoms with Crippen molar-refractivity contribution in [3.8, 4) is 16.9 Å². The number of nitrogen functional groups attached to an aromatic ring is 1. The van der Waals surface area contributed by atoms with Crippen LogP contribution in [0.2, 0.25) is 0 Å². The normalized spacial score (nSPS) is 17.5. The summed E-state index contributed by atoms with van der Waals surface area (Å²) >= 11 is 0. The molecule has 1 unspecified atom stereocenters. The number of ether oxygens (including phenoxy) is 1. The Labute approximate surface area is 240 Å². The molecular weight excluding hydrogens is 514 g/mol. The summed E-state index contributed by atoms with van der Waals surface area (Å²) in [4.78, 5) is 30.4. The van der Waals surface area contributed by atoms with Crippen molar-refractivity contribution in [1.29, 1.82) is 0 Å². The second-order valence-corrected chi connectivity index (χ2v) is 11.4. The summed E-state index contributed by atoms with van der Waals surface area (Å²) in [5, 5.41) is 11.5. The number of amides is 1. The predicted octanol–water partition coefficient (Wildman–Crippen LogP) is 6.21. The van der Waals surface area contributed by atoms with Gasteiger partial charge in [0.2, 0.25) is 5.91 Å². The maximum Gasteiger partial charge on any atom is 0.307 e. The van der Waals surface area contributed by atoms with Crippen molar-refractivity contribution in [2.45, 2.75) is 57.5 Å². The largest absolute Gasteiger partial charge is 0.485 e. The van der Waals surface area contributed by atoms with Crippen LogP contribution in [0.15, 0.2) is 66.9 Å². The van der Waals surface area contributed by atoms with E-state index in [1.165, 1.54) is 5.56 Å². The first kappa shape index (κ1) is 26.8. The number of likely N-dealkylation sites (tertiary alicyclic amines) is 1. The summed E-state index contributed by atoms with van der Waals surface area (Å²) in [5.74, 6) is 0.440. The predicted molar refractivity (Wildman–Crippen MR) is 160 cm³/mol. The monoisotopic (exact) mass is 549 g/mol. The molecule has 1 aliphatic heterocycles. The van der Waals surface area contributed by atoms with Gasteiger partial charge in [0.05, 0.1) is 6.42 Å². The van der Waals surface area contributed by atoms with E-state index in [1.54, 1.807) is 6.20 Å². The van der Waals surface area contributed by atoms with Crippen molar-refractivity contribution < 1.29 is 19.4 Å². The molecular formula is C34H35N3O4. The fourth-order valence-corrected chi connectivity index (χ4v) is 6.74. The van der Waals surface area contributed by atoms with Gasteiger partial charge in [0.15, 0.2) is 0 Å². The third-order valence-electron chi connectivity index (χ3n) is 9.02. The minimum Gasteiger partial charge on any atom is -0.485 e. The Balaban J connectivity index is 1.41. The number of carboxylic acid groups (broad SMARTS) is 1. The van der Waals surface area contributed by atoms with Crippen molar-refractivity contribution >= 4 is 28.5 Å². The number of nitrogens with zero attached hydrogens (tertiary/aromatic N) is 2. The molecule has 7 heteroatoms. The molecule has 1 atom stereocenters. The lowest BCUT2D eigenvalue weighted by Crippen LogP contribution is -2.44. The van der Waals surface area contributed by atoms with Crippen LogP contribution < -0.4 is 10.5 Å². The van der Waals surface area contributed by atoms with Gasteiger partial charge < -0.3 is 20.5 Å². The summed E-state index contributed by atoms with van der Waals surface area (Å²) in [5.41, 5.74) is 12.2. The summed E-state index contributed by atoms with van der Waals surface area (Å²) in [6, 6.07) is 20.5. The first-order valence-corrected chi connectivity index (χ1v) is 14.3. The lowest BCUT2D eigenvalue weighted by Gasteiger charge is -2.40. The minimum absolute atomic E-state index is 0.0899. The Morgan fingerprint density at radius 2 is 1.83 bits per heavy atom. The highest BCUT2D eigenvalue weighted by Crippen LogP contribution is 2.53. The molecule has 1 aromatic heterocycles. The average molecular weight is 550 g/mol. The number of carbonyl (C=O) groups excluding carboxylic acids is 1. The number of benzene rings is 3. The number of piperidine rings is 1. The van der Waals surface area contributed by atoms with E-state index in [1.807, 2.05) is 43.0 Å². The molecule has 210 valence electrons. The van der Waals surface area contributed by atoms with Crippen LogP contribution in [0, 0.1) is 6.92 Å². The van der Waals surface area contributed by atoms with Crippen molar-refractivity contribution in [2.24, 2.45) is 0 Å². The van der Waals surface area contributed by atoms with Gasteiger partial charge in [0.1, 0.15) is 17.7 Å². The van der Waals surface area contributed by atoms with Gasteiger partial charge in [-0.3, -0.25) is 9.59 Å². The minimum atomic E-state index is -0.882. The number of fused-ring (bicyclic) bond motifs is 3. The van der Waals surface area contributed by atoms with Gasteiger partial charge in [-0.15, -0.1) is 0 Å². The Morgan fingerprint density at radius 3 is 2.59 bits per heavy atom. The van der Waals surface area contributed by atoms with Crippen LogP contribution in [0.1, 0.15) is 61.0 Å². The number of aliphatic carboxylic acids is 1. The highest BCUT2D eigenvalue weighted by Gasteiger charge is 2.47. The number of anilines is 1. The zero-order valence-electron chi connectivity index (χ0n) is 23.5. The molecule has 0 saturated carbocycles. The smallest absolute Gasteiger partial charge is 0.307 e. The number of aryl methyl sites for hydroxylation is 1. The van der Waals surface area contributed by atoms with Crippen LogP contribution in [0.5, 0.6) is 5.75 Å². The van der Waals surface area contributed by atoms with E-state index in [2.05, 4.69) is 41.4 Å². The van der Waals surface area contributed by atoms with Crippen LogP contribution in [0.25, 0.3) is 21.9 Å². The van der Waals surface area contributed by atoms with E-state index in [9.17, 15) is 14.7 Å². The van der Waals surface area contributed by atoms with Gasteiger partial charge in [-0.05, 0) is 83.7 Å². The molecule has 1 spiro atoms. The molecule has 4 aromatic rings. The standard InChI is InChI=1S/C34H35N3O4/c1-3-31(38)37-15-12-34(13-16-37)20-30(41-29-6-4-5-21(2)25(29)19-32(39)40)27-18-24(9-10-28(27)34)23-8-7-22-11-14-36-33(35)26(22)17-23/h4-11,14,17-18,30H,3,12-13,15-16,19-20H2,1-2H3,(H2,35,36)(H,39,40). The molecule has 0 radical (unpaired) electrons. The highest BCUT2D eigenvalue weighted by molar-refractivity contribution is 5.94. The van der Waals surface area contributed by atoms with Gasteiger partial charge in [0.25, 0.3) is 0 Å². The van der Waals surface area contributed by atoms with E-state index in [0.717, 1.165) is 65.4 Å². The number of rotatable bonds is 6. The quantitative estimate of drug-likeness (QED) is 0.296. The molecule has 41 heavy (non-hydrogen) atoms. The lowest BCUT2D eigenvalue weighted by molar-refractivity contribution is -0.136. The fourth-order valence-electron chi connectivity index (χ4n) is 6.74. The molecule has 3 aromatic carbocycles. The molecule has 2 aliphatic rings. The molecule has 1 saturated heterocycles. The molecule has 2 heterocycles. The van der Waals surface area contributed by atoms with Crippen molar-refractivity contribution in [2.75, 3.05) is 18.8 Å². The third kappa shape index (κ3) is 4.90. The summed E-state index contributed by atoms with van der Waals surface area (Å²) < 4.78 is 6.74. The Hall–Kier alpha value is -4.39. The number of nitrogens with two attached hydrogens (primary N) is 1. The zero-order valence-corrected chi connectivity index (χ0v) is 23.5. The first-order valence-electron chi connectivity index (χ1n) is 14.3. The number of hydrogen-bond acceptors (Lipinski definition) is 5. The van der Waals surface area contributed by atoms with Gasteiger partial charge in [-0.1, -0.05) is 43.3 Å². The SMILES string of the molecule is CCC(=O)N1CCC2(CC1)CC(Oc1cccc(C)c1CC(=O)O)c1cc(-c3ccc4ccnc(N)c4c3)ccc12. The molecule has 1 amide bonds. The maximum atomic E-state index is 12.4. The summed E-state index contributed by atoms with van der Waals surface area (Å²) in [6.07, 6.45) is 4.45. The van der Waals surface area contributed by atoms with E-state index >= 15 is 0 Å². The summed E-state index contributed by atoms with van der Waals surface area (Å²) in [7, 11) is 0. The van der Waals surface area contributed by atoms with Crippen LogP contribution in [-0.2, 0) is 21.4 Å². The topological polar surface area (TPSA) is 106 Å². The molecule has 0 bridgehead atoms. The van der Waals surface area contributed by atoms with Crippen LogP contribution in [0.4, 0.5) is 5.82 Å². The van der Waals surface area contributed by atoms with Gasteiger partial charge >= 0.3 is 5.97 Å². The number of hydrogen-bond donors (Lipinski definition) is 2. The number of aromatic nitrogens is 1. The zero-order chi connectivity index (χ0) is 28.7. The second kappa shape index (κ2) is 10.5. The third-order valence-corrected chi connectivity index (χ3v) is 9.02. The van der Waals surface area contributed by atoms with Gasteiger partial charge in [-0.2, -0.15) is 0 Å². The van der Waals surface area contributed by atoms with Crippen molar-refractivity contribution in [3.05, 3.63) is 89.1 Å². The van der Waals surface area contributed by atoms with Gasteiger partial charge in [-0.25, -0.2) is 4.98 Å². The van der Waals surface area contributed by atoms with Crippen LogP contribution in [-0.4, -0.2) is 40.0 Å².